The Balaban J connectivity index is 0.00000289. The maximum absolute atomic E-state index is 13.4. The third kappa shape index (κ3) is 5.26. The average Bonchev–Trinajstić information content (AvgIpc) is 3.50. The Hall–Kier alpha value is -1.71. The molecule has 1 aromatic carbocycles. The van der Waals surface area contributed by atoms with Crippen molar-refractivity contribution in [2.45, 2.75) is 31.1 Å². The summed E-state index contributed by atoms with van der Waals surface area (Å²) < 4.78 is 12.6. The van der Waals surface area contributed by atoms with Gasteiger partial charge in [0.25, 0.3) is 0 Å². The van der Waals surface area contributed by atoms with E-state index in [1.165, 1.54) is 22.7 Å². The van der Waals surface area contributed by atoms with E-state index in [0.717, 1.165) is 38.1 Å². The topological polar surface area (TPSA) is 55.8 Å². The highest BCUT2D eigenvalue weighted by Gasteiger charge is 2.48. The molecule has 2 aromatic heterocycles. The highest BCUT2D eigenvalue weighted by Crippen LogP contribution is 2.38. The third-order valence-electron chi connectivity index (χ3n) is 5.97. The van der Waals surface area contributed by atoms with Gasteiger partial charge in [-0.15, -0.1) is 22.7 Å². The van der Waals surface area contributed by atoms with E-state index >= 15 is 0 Å². The van der Waals surface area contributed by atoms with Crippen molar-refractivity contribution < 1.29 is 40.8 Å². The zero-order valence-corrected chi connectivity index (χ0v) is 21.2. The standard InChI is InChI=1S/C24H28NO4S2.BrH/c1-25(15-16-28-19-9-3-2-4-10-19)14-6-5-13-22(25)29-23(26)24(27,20-11-7-17-30-20)21-12-8-18-31-21;/h2-4,7-12,17-18,22,27H,5-6,13-16H2,1H3;1H/q+1;/p-1. The number of aliphatic hydroxyl groups is 1. The Bertz CT molecular complexity index is 931. The van der Waals surface area contributed by atoms with Crippen molar-refractivity contribution in [3.05, 3.63) is 75.1 Å². The first-order valence-electron chi connectivity index (χ1n) is 10.6. The Morgan fingerprint density at radius 2 is 1.72 bits per heavy atom. The van der Waals surface area contributed by atoms with Gasteiger partial charge in [-0.2, -0.15) is 0 Å². The third-order valence-corrected chi connectivity index (χ3v) is 7.93. The van der Waals surface area contributed by atoms with Crippen molar-refractivity contribution >= 4 is 28.6 Å². The molecule has 0 bridgehead atoms. The lowest BCUT2D eigenvalue weighted by molar-refractivity contribution is -0.957. The van der Waals surface area contributed by atoms with E-state index in [2.05, 4.69) is 7.05 Å². The van der Waals surface area contributed by atoms with Gasteiger partial charge in [-0.1, -0.05) is 30.3 Å². The van der Waals surface area contributed by atoms with Gasteiger partial charge in [-0.05, 0) is 47.9 Å². The van der Waals surface area contributed by atoms with Crippen LogP contribution in [0.3, 0.4) is 0 Å². The number of quaternary nitrogens is 1. The number of hydrogen-bond acceptors (Lipinski definition) is 6. The van der Waals surface area contributed by atoms with E-state index < -0.39 is 11.6 Å². The van der Waals surface area contributed by atoms with Crippen LogP contribution >= 0.6 is 22.7 Å². The van der Waals surface area contributed by atoms with Gasteiger partial charge >= 0.3 is 5.97 Å². The molecule has 0 aliphatic carbocycles. The number of carbonyl (C=O) groups excluding carboxylic acids is 1. The van der Waals surface area contributed by atoms with Crippen LogP contribution in [0.1, 0.15) is 29.0 Å². The number of piperidine rings is 1. The van der Waals surface area contributed by atoms with Crippen LogP contribution in [-0.2, 0) is 15.1 Å². The number of halogens is 1. The molecule has 172 valence electrons. The molecule has 2 atom stereocenters. The highest BCUT2D eigenvalue weighted by atomic mass is 79.9. The number of nitrogens with zero attached hydrogens (tertiary/aromatic N) is 1. The Labute approximate surface area is 207 Å². The van der Waals surface area contributed by atoms with Crippen LogP contribution in [0.25, 0.3) is 0 Å². The number of likely N-dealkylation sites (N-methyl/N-ethyl adjacent to an activating group) is 1. The minimum Gasteiger partial charge on any atom is -1.00 e. The van der Waals surface area contributed by atoms with Gasteiger partial charge in [-0.3, -0.25) is 4.48 Å². The summed E-state index contributed by atoms with van der Waals surface area (Å²) in [4.78, 5) is 14.6. The molecular weight excluding hydrogens is 510 g/mol. The van der Waals surface area contributed by atoms with Crippen LogP contribution in [0.4, 0.5) is 0 Å². The summed E-state index contributed by atoms with van der Waals surface area (Å²) in [6, 6.07) is 17.0. The summed E-state index contributed by atoms with van der Waals surface area (Å²) >= 11 is 2.72. The molecule has 2 unspecified atom stereocenters. The van der Waals surface area contributed by atoms with Crippen molar-refractivity contribution in [2.24, 2.45) is 0 Å². The molecule has 1 aliphatic rings. The zero-order valence-electron chi connectivity index (χ0n) is 18.0. The molecule has 5 nitrogen and oxygen atoms in total. The maximum Gasteiger partial charge on any atom is 0.353 e. The molecule has 8 heteroatoms. The van der Waals surface area contributed by atoms with E-state index in [1.54, 1.807) is 12.1 Å². The molecule has 0 spiro atoms. The van der Waals surface area contributed by atoms with Crippen molar-refractivity contribution in [3.8, 4) is 5.75 Å². The van der Waals surface area contributed by atoms with Gasteiger partial charge in [0.05, 0.1) is 23.3 Å². The van der Waals surface area contributed by atoms with Crippen LogP contribution in [0.2, 0.25) is 0 Å². The zero-order chi connectivity index (χ0) is 21.7. The second-order valence-corrected chi connectivity index (χ2v) is 10.0. The fourth-order valence-electron chi connectivity index (χ4n) is 4.08. The maximum atomic E-state index is 13.4. The molecule has 1 saturated heterocycles. The second kappa shape index (κ2) is 10.9. The Kier molecular flexibility index (Phi) is 8.52. The summed E-state index contributed by atoms with van der Waals surface area (Å²) in [7, 11) is 2.11. The second-order valence-electron chi connectivity index (χ2n) is 8.11. The lowest BCUT2D eigenvalue weighted by atomic mass is 9.99. The van der Waals surface area contributed by atoms with Gasteiger partial charge in [0.15, 0.2) is 0 Å². The number of para-hydroxylation sites is 1. The van der Waals surface area contributed by atoms with Crippen LogP contribution in [0, 0.1) is 0 Å². The normalized spacial score (nSPS) is 20.9. The van der Waals surface area contributed by atoms with Gasteiger partial charge < -0.3 is 31.6 Å². The summed E-state index contributed by atoms with van der Waals surface area (Å²) in [5.41, 5.74) is -1.77. The summed E-state index contributed by atoms with van der Waals surface area (Å²) in [6.45, 7) is 2.17. The number of benzene rings is 1. The molecule has 0 radical (unpaired) electrons. The van der Waals surface area contributed by atoms with Crippen molar-refractivity contribution in [3.63, 3.8) is 0 Å². The van der Waals surface area contributed by atoms with Gasteiger partial charge in [0.1, 0.15) is 18.9 Å². The lowest BCUT2D eigenvalue weighted by Gasteiger charge is -2.44. The molecule has 0 saturated carbocycles. The molecule has 1 aliphatic heterocycles. The molecule has 3 heterocycles. The van der Waals surface area contributed by atoms with Crippen molar-refractivity contribution in [1.82, 2.24) is 0 Å². The van der Waals surface area contributed by atoms with Crippen LogP contribution in [0.15, 0.2) is 65.4 Å². The minimum absolute atomic E-state index is 0. The van der Waals surface area contributed by atoms with Crippen molar-refractivity contribution in [1.29, 1.82) is 0 Å². The fourth-order valence-corrected chi connectivity index (χ4v) is 5.79. The first-order chi connectivity index (χ1) is 15.0. The van der Waals surface area contributed by atoms with Gasteiger partial charge in [0.2, 0.25) is 11.8 Å². The molecule has 0 amide bonds. The molecular formula is C24H28BrNO4S2. The predicted molar refractivity (Wildman–Crippen MR) is 123 cm³/mol. The summed E-state index contributed by atoms with van der Waals surface area (Å²) in [6.07, 6.45) is 2.54. The predicted octanol–water partition coefficient (Wildman–Crippen LogP) is 1.63. The van der Waals surface area contributed by atoms with E-state index in [-0.39, 0.29) is 23.2 Å². The summed E-state index contributed by atoms with van der Waals surface area (Å²) in [5, 5.41) is 15.3. The monoisotopic (exact) mass is 537 g/mol. The number of likely N-dealkylation sites (tertiary alicyclic amines) is 1. The number of thiophene rings is 2. The minimum atomic E-state index is -1.77. The Morgan fingerprint density at radius 1 is 1.06 bits per heavy atom. The largest absolute Gasteiger partial charge is 1.00 e. The van der Waals surface area contributed by atoms with Gasteiger partial charge in [0, 0.05) is 6.42 Å². The van der Waals surface area contributed by atoms with Crippen molar-refractivity contribution in [2.75, 3.05) is 26.7 Å². The van der Waals surface area contributed by atoms with E-state index in [4.69, 9.17) is 9.47 Å². The number of rotatable bonds is 8. The smallest absolute Gasteiger partial charge is 0.353 e. The highest BCUT2D eigenvalue weighted by molar-refractivity contribution is 7.12. The van der Waals surface area contributed by atoms with E-state index in [9.17, 15) is 9.90 Å². The van der Waals surface area contributed by atoms with E-state index in [0.29, 0.717) is 20.8 Å². The van der Waals surface area contributed by atoms with Crippen LogP contribution in [-0.4, -0.2) is 48.5 Å². The molecule has 1 N–H and O–H groups in total. The molecule has 32 heavy (non-hydrogen) atoms. The number of esters is 1. The number of hydrogen-bond donors (Lipinski definition) is 1. The van der Waals surface area contributed by atoms with Gasteiger partial charge in [-0.25, -0.2) is 4.79 Å². The van der Waals surface area contributed by atoms with Crippen LogP contribution < -0.4 is 21.7 Å². The quantitative estimate of drug-likeness (QED) is 0.350. The first-order valence-corrected chi connectivity index (χ1v) is 12.3. The summed E-state index contributed by atoms with van der Waals surface area (Å²) in [5.74, 6) is 0.238. The Morgan fingerprint density at radius 3 is 2.31 bits per heavy atom. The molecule has 4 rings (SSSR count). The molecule has 3 aromatic rings. The fraction of sp³-hybridized carbons (Fsp3) is 0.375. The van der Waals surface area contributed by atoms with Crippen LogP contribution in [0.5, 0.6) is 5.75 Å². The average molecular weight is 539 g/mol. The lowest BCUT2D eigenvalue weighted by Crippen LogP contribution is -3.00. The number of carbonyl (C=O) groups is 1. The van der Waals surface area contributed by atoms with E-state index in [1.807, 2.05) is 53.2 Å². The SMILES string of the molecule is C[N+]1(CCOc2ccccc2)CCCCC1OC(=O)C(O)(c1cccs1)c1cccs1.[Br-]. The molecule has 1 fully saturated rings. The first kappa shape index (κ1) is 24.9. The number of ether oxygens (including phenoxy) is 2.